The molecule has 128 valence electrons. The maximum atomic E-state index is 10.1. The molecular weight excluding hydrogens is 308 g/mol. The molecular formula is C19H22O5. The van der Waals surface area contributed by atoms with E-state index >= 15 is 0 Å². The highest BCUT2D eigenvalue weighted by Crippen LogP contribution is 2.24. The van der Waals surface area contributed by atoms with E-state index in [-0.39, 0.29) is 6.61 Å². The third-order valence-electron chi connectivity index (χ3n) is 3.99. The number of benzene rings is 2. The van der Waals surface area contributed by atoms with Crippen molar-refractivity contribution < 1.29 is 24.4 Å². The van der Waals surface area contributed by atoms with Crippen LogP contribution < -0.4 is 0 Å². The van der Waals surface area contributed by atoms with Crippen molar-refractivity contribution in [2.45, 2.75) is 37.8 Å². The SMILES string of the molecule is O[C@@H]1[C@H](OCc2ccccc2)[C@@H](COCc2ccccc2)O[C@@H]1O. The standard InChI is InChI=1S/C19H22O5/c20-17-18(23-12-15-9-5-2-6-10-15)16(24-19(17)21)13-22-11-14-7-3-1-4-8-14/h1-10,16-21H,11-13H2/t16-,17-,18-,19+/m1/s1. The van der Waals surface area contributed by atoms with Crippen molar-refractivity contribution in [3.63, 3.8) is 0 Å². The van der Waals surface area contributed by atoms with E-state index in [9.17, 15) is 10.2 Å². The molecule has 0 aliphatic carbocycles. The second-order valence-electron chi connectivity index (χ2n) is 5.82. The molecule has 2 aromatic carbocycles. The van der Waals surface area contributed by atoms with Crippen LogP contribution in [0.4, 0.5) is 0 Å². The number of ether oxygens (including phenoxy) is 3. The highest BCUT2D eigenvalue weighted by molar-refractivity contribution is 5.14. The quantitative estimate of drug-likeness (QED) is 0.811. The van der Waals surface area contributed by atoms with E-state index in [0.29, 0.717) is 13.2 Å². The van der Waals surface area contributed by atoms with Crippen LogP contribution in [0, 0.1) is 0 Å². The molecule has 0 radical (unpaired) electrons. The van der Waals surface area contributed by atoms with E-state index in [1.807, 2.05) is 60.7 Å². The van der Waals surface area contributed by atoms with Crippen molar-refractivity contribution in [1.82, 2.24) is 0 Å². The number of rotatable bonds is 7. The van der Waals surface area contributed by atoms with Crippen LogP contribution in [0.2, 0.25) is 0 Å². The van der Waals surface area contributed by atoms with Gasteiger partial charge >= 0.3 is 0 Å². The molecule has 1 aliphatic heterocycles. The summed E-state index contributed by atoms with van der Waals surface area (Å²) < 4.78 is 16.8. The fourth-order valence-corrected chi connectivity index (χ4v) is 2.69. The van der Waals surface area contributed by atoms with Gasteiger partial charge in [0, 0.05) is 0 Å². The van der Waals surface area contributed by atoms with E-state index in [1.165, 1.54) is 0 Å². The molecule has 0 amide bonds. The van der Waals surface area contributed by atoms with Crippen LogP contribution in [0.15, 0.2) is 60.7 Å². The normalized spacial score (nSPS) is 26.6. The Labute approximate surface area is 141 Å². The van der Waals surface area contributed by atoms with E-state index in [0.717, 1.165) is 11.1 Å². The molecule has 24 heavy (non-hydrogen) atoms. The second kappa shape index (κ2) is 8.37. The first-order valence-corrected chi connectivity index (χ1v) is 8.03. The molecule has 0 bridgehead atoms. The average molecular weight is 330 g/mol. The monoisotopic (exact) mass is 330 g/mol. The molecule has 0 spiro atoms. The van der Waals surface area contributed by atoms with Crippen LogP contribution in [0.25, 0.3) is 0 Å². The van der Waals surface area contributed by atoms with Crippen molar-refractivity contribution in [3.05, 3.63) is 71.8 Å². The van der Waals surface area contributed by atoms with Gasteiger partial charge in [0.15, 0.2) is 6.29 Å². The maximum absolute atomic E-state index is 10.1. The Morgan fingerprint density at radius 2 is 1.42 bits per heavy atom. The zero-order valence-electron chi connectivity index (χ0n) is 13.3. The minimum absolute atomic E-state index is 0.239. The summed E-state index contributed by atoms with van der Waals surface area (Å²) in [7, 11) is 0. The van der Waals surface area contributed by atoms with Gasteiger partial charge in [0.2, 0.25) is 0 Å². The third-order valence-corrected chi connectivity index (χ3v) is 3.99. The Morgan fingerprint density at radius 1 is 0.833 bits per heavy atom. The molecule has 5 nitrogen and oxygen atoms in total. The number of hydrogen-bond donors (Lipinski definition) is 2. The molecule has 1 fully saturated rings. The first-order valence-electron chi connectivity index (χ1n) is 8.03. The van der Waals surface area contributed by atoms with Crippen LogP contribution in [-0.4, -0.2) is 41.4 Å². The van der Waals surface area contributed by atoms with Crippen LogP contribution >= 0.6 is 0 Å². The van der Waals surface area contributed by atoms with Gasteiger partial charge in [-0.1, -0.05) is 60.7 Å². The summed E-state index contributed by atoms with van der Waals surface area (Å²) in [4.78, 5) is 0. The van der Waals surface area contributed by atoms with Gasteiger partial charge in [-0.25, -0.2) is 0 Å². The summed E-state index contributed by atoms with van der Waals surface area (Å²) >= 11 is 0. The van der Waals surface area contributed by atoms with Crippen molar-refractivity contribution in [2.24, 2.45) is 0 Å². The van der Waals surface area contributed by atoms with E-state index < -0.39 is 24.6 Å². The highest BCUT2D eigenvalue weighted by Gasteiger charge is 2.43. The Morgan fingerprint density at radius 3 is 2.04 bits per heavy atom. The molecule has 2 aromatic rings. The summed E-state index contributed by atoms with van der Waals surface area (Å²) in [6.45, 7) is 1.02. The minimum atomic E-state index is -1.25. The topological polar surface area (TPSA) is 68.2 Å². The van der Waals surface area contributed by atoms with Gasteiger partial charge in [0.05, 0.1) is 19.8 Å². The van der Waals surface area contributed by atoms with Gasteiger partial charge in [-0.15, -0.1) is 0 Å². The van der Waals surface area contributed by atoms with Gasteiger partial charge in [0.1, 0.15) is 18.3 Å². The first-order chi connectivity index (χ1) is 11.7. The van der Waals surface area contributed by atoms with Crippen LogP contribution in [-0.2, 0) is 27.4 Å². The molecule has 0 unspecified atom stereocenters. The Balaban J connectivity index is 1.52. The lowest BCUT2D eigenvalue weighted by Crippen LogP contribution is -2.37. The predicted molar refractivity (Wildman–Crippen MR) is 88.0 cm³/mol. The average Bonchev–Trinajstić information content (AvgIpc) is 2.89. The maximum Gasteiger partial charge on any atom is 0.184 e. The van der Waals surface area contributed by atoms with Crippen LogP contribution in [0.1, 0.15) is 11.1 Å². The number of aliphatic hydroxyl groups is 2. The zero-order valence-corrected chi connectivity index (χ0v) is 13.3. The third kappa shape index (κ3) is 4.41. The highest BCUT2D eigenvalue weighted by atomic mass is 16.7. The van der Waals surface area contributed by atoms with Crippen LogP contribution in [0.3, 0.4) is 0 Å². The summed E-state index contributed by atoms with van der Waals surface area (Å²) in [6, 6.07) is 19.5. The Bertz CT molecular complexity index is 604. The summed E-state index contributed by atoms with van der Waals surface area (Å²) in [5, 5.41) is 19.8. The number of hydrogen-bond acceptors (Lipinski definition) is 5. The fourth-order valence-electron chi connectivity index (χ4n) is 2.69. The Hall–Kier alpha value is -1.76. The fraction of sp³-hybridized carbons (Fsp3) is 0.368. The van der Waals surface area contributed by atoms with Crippen molar-refractivity contribution in [2.75, 3.05) is 6.61 Å². The summed E-state index contributed by atoms with van der Waals surface area (Å²) in [5.41, 5.74) is 2.05. The molecule has 1 saturated heterocycles. The predicted octanol–water partition coefficient (Wildman–Crippen LogP) is 1.87. The molecule has 1 heterocycles. The van der Waals surface area contributed by atoms with E-state index in [1.54, 1.807) is 0 Å². The summed E-state index contributed by atoms with van der Waals surface area (Å²) in [6.07, 6.45) is -3.48. The largest absolute Gasteiger partial charge is 0.385 e. The van der Waals surface area contributed by atoms with Gasteiger partial charge in [-0.2, -0.15) is 0 Å². The van der Waals surface area contributed by atoms with Gasteiger partial charge in [0.25, 0.3) is 0 Å². The summed E-state index contributed by atoms with van der Waals surface area (Å²) in [5.74, 6) is 0. The minimum Gasteiger partial charge on any atom is -0.385 e. The first kappa shape index (κ1) is 17.1. The lowest BCUT2D eigenvalue weighted by atomic mass is 10.1. The van der Waals surface area contributed by atoms with Gasteiger partial charge in [-0.3, -0.25) is 0 Å². The molecule has 3 rings (SSSR count). The van der Waals surface area contributed by atoms with E-state index in [2.05, 4.69) is 0 Å². The molecule has 0 saturated carbocycles. The smallest absolute Gasteiger partial charge is 0.184 e. The molecule has 0 aromatic heterocycles. The van der Waals surface area contributed by atoms with Crippen molar-refractivity contribution in [1.29, 1.82) is 0 Å². The second-order valence-corrected chi connectivity index (χ2v) is 5.82. The molecule has 5 heteroatoms. The zero-order chi connectivity index (χ0) is 16.8. The molecule has 2 N–H and O–H groups in total. The lowest BCUT2D eigenvalue weighted by Gasteiger charge is -2.20. The van der Waals surface area contributed by atoms with Gasteiger partial charge in [-0.05, 0) is 11.1 Å². The molecule has 1 aliphatic rings. The van der Waals surface area contributed by atoms with E-state index in [4.69, 9.17) is 14.2 Å². The lowest BCUT2D eigenvalue weighted by molar-refractivity contribution is -0.137. The van der Waals surface area contributed by atoms with Gasteiger partial charge < -0.3 is 24.4 Å². The molecule has 4 atom stereocenters. The van der Waals surface area contributed by atoms with Crippen LogP contribution in [0.5, 0.6) is 0 Å². The van der Waals surface area contributed by atoms with Crippen molar-refractivity contribution in [3.8, 4) is 0 Å². The Kier molecular flexibility index (Phi) is 5.96. The van der Waals surface area contributed by atoms with Crippen molar-refractivity contribution >= 4 is 0 Å². The number of aliphatic hydroxyl groups excluding tert-OH is 2.